The van der Waals surface area contributed by atoms with Gasteiger partial charge in [0.25, 0.3) is 0 Å². The molecule has 0 fully saturated rings. The van der Waals surface area contributed by atoms with Gasteiger partial charge in [0.1, 0.15) is 5.76 Å². The highest BCUT2D eigenvalue weighted by Crippen LogP contribution is 2.19. The molecule has 0 radical (unpaired) electrons. The van der Waals surface area contributed by atoms with Gasteiger partial charge in [-0.1, -0.05) is 18.2 Å². The van der Waals surface area contributed by atoms with E-state index in [1.165, 1.54) is 10.9 Å². The topological polar surface area (TPSA) is 58.0 Å². The molecule has 4 heteroatoms. The molecule has 3 rings (SSSR count). The molecule has 2 N–H and O–H groups in total. The molecule has 0 saturated heterocycles. The Hall–Kier alpha value is -2.49. The number of aromatic amines is 1. The van der Waals surface area contributed by atoms with Crippen LogP contribution in [0.1, 0.15) is 30.7 Å². The van der Waals surface area contributed by atoms with Crippen molar-refractivity contribution in [1.29, 1.82) is 0 Å². The van der Waals surface area contributed by atoms with Crippen molar-refractivity contribution in [3.63, 3.8) is 0 Å². The van der Waals surface area contributed by atoms with E-state index in [1.807, 2.05) is 43.5 Å². The van der Waals surface area contributed by atoms with E-state index in [2.05, 4.69) is 16.4 Å². The predicted molar refractivity (Wildman–Crippen MR) is 81.9 cm³/mol. The van der Waals surface area contributed by atoms with Crippen LogP contribution in [-0.2, 0) is 11.2 Å². The van der Waals surface area contributed by atoms with E-state index in [0.29, 0.717) is 6.42 Å². The minimum absolute atomic E-state index is 0.0316. The fraction of sp³-hybridized carbons (Fsp3) is 0.235. The first-order valence-corrected chi connectivity index (χ1v) is 7.12. The number of rotatable bonds is 5. The third-order valence-corrected chi connectivity index (χ3v) is 3.64. The van der Waals surface area contributed by atoms with Gasteiger partial charge in [0.15, 0.2) is 0 Å². The number of nitrogens with one attached hydrogen (secondary N) is 2. The number of hydrogen-bond acceptors (Lipinski definition) is 2. The zero-order valence-electron chi connectivity index (χ0n) is 11.9. The predicted octanol–water partition coefficient (Wildman–Crippen LogP) is 3.57. The lowest BCUT2D eigenvalue weighted by molar-refractivity contribution is -0.121. The van der Waals surface area contributed by atoms with Gasteiger partial charge in [0.05, 0.1) is 12.3 Å². The number of para-hydroxylation sites is 1. The van der Waals surface area contributed by atoms with Crippen molar-refractivity contribution in [1.82, 2.24) is 10.3 Å². The molecule has 108 valence electrons. The van der Waals surface area contributed by atoms with Crippen LogP contribution in [0.25, 0.3) is 10.9 Å². The minimum Gasteiger partial charge on any atom is -0.467 e. The molecule has 2 aromatic heterocycles. The molecule has 0 aliphatic carbocycles. The summed E-state index contributed by atoms with van der Waals surface area (Å²) in [5.41, 5.74) is 2.28. The highest BCUT2D eigenvalue weighted by Gasteiger charge is 2.12. The van der Waals surface area contributed by atoms with Crippen molar-refractivity contribution >= 4 is 16.8 Å². The molecule has 0 aliphatic rings. The van der Waals surface area contributed by atoms with Crippen LogP contribution in [-0.4, -0.2) is 10.9 Å². The normalized spacial score (nSPS) is 12.4. The molecule has 0 aliphatic heterocycles. The number of aromatic nitrogens is 1. The average Bonchev–Trinajstić information content (AvgIpc) is 3.15. The van der Waals surface area contributed by atoms with Crippen LogP contribution in [0.2, 0.25) is 0 Å². The first-order valence-electron chi connectivity index (χ1n) is 7.12. The smallest absolute Gasteiger partial charge is 0.220 e. The summed E-state index contributed by atoms with van der Waals surface area (Å²) in [5, 5.41) is 4.13. The SMILES string of the molecule is C[C@H](NC(=O)CCc1c[nH]c2ccccc12)c1ccco1. The van der Waals surface area contributed by atoms with Gasteiger partial charge in [-0.25, -0.2) is 0 Å². The van der Waals surface area contributed by atoms with E-state index in [9.17, 15) is 4.79 Å². The third-order valence-electron chi connectivity index (χ3n) is 3.64. The maximum atomic E-state index is 12.0. The van der Waals surface area contributed by atoms with Gasteiger partial charge in [-0.2, -0.15) is 0 Å². The fourth-order valence-corrected chi connectivity index (χ4v) is 2.51. The number of fused-ring (bicyclic) bond motifs is 1. The van der Waals surface area contributed by atoms with Crippen LogP contribution >= 0.6 is 0 Å². The van der Waals surface area contributed by atoms with Gasteiger partial charge in [0, 0.05) is 23.5 Å². The molecule has 0 saturated carbocycles. The van der Waals surface area contributed by atoms with Gasteiger partial charge >= 0.3 is 0 Å². The summed E-state index contributed by atoms with van der Waals surface area (Å²) in [7, 11) is 0. The minimum atomic E-state index is -0.101. The van der Waals surface area contributed by atoms with Gasteiger partial charge in [0.2, 0.25) is 5.91 Å². The van der Waals surface area contributed by atoms with E-state index in [-0.39, 0.29) is 11.9 Å². The monoisotopic (exact) mass is 282 g/mol. The quantitative estimate of drug-likeness (QED) is 0.751. The Labute approximate surface area is 123 Å². The van der Waals surface area contributed by atoms with Crippen molar-refractivity contribution in [2.24, 2.45) is 0 Å². The second kappa shape index (κ2) is 5.87. The number of aryl methyl sites for hydroxylation is 1. The van der Waals surface area contributed by atoms with Crippen molar-refractivity contribution in [2.45, 2.75) is 25.8 Å². The van der Waals surface area contributed by atoms with Crippen molar-refractivity contribution in [2.75, 3.05) is 0 Å². The van der Waals surface area contributed by atoms with Crippen LogP contribution in [0.3, 0.4) is 0 Å². The number of H-pyrrole nitrogens is 1. The maximum absolute atomic E-state index is 12.0. The van der Waals surface area contributed by atoms with Crippen LogP contribution in [0.15, 0.2) is 53.3 Å². The summed E-state index contributed by atoms with van der Waals surface area (Å²) in [5.74, 6) is 0.805. The molecule has 1 aromatic carbocycles. The van der Waals surface area contributed by atoms with Gasteiger partial charge in [-0.05, 0) is 37.1 Å². The van der Waals surface area contributed by atoms with E-state index in [0.717, 1.165) is 17.7 Å². The Bertz CT molecular complexity index is 728. The fourth-order valence-electron chi connectivity index (χ4n) is 2.51. The Morgan fingerprint density at radius 1 is 1.29 bits per heavy atom. The van der Waals surface area contributed by atoms with E-state index < -0.39 is 0 Å². The summed E-state index contributed by atoms with van der Waals surface area (Å²) in [6.07, 6.45) is 4.78. The number of hydrogen-bond donors (Lipinski definition) is 2. The number of benzene rings is 1. The standard InChI is InChI=1S/C17H18N2O2/c1-12(16-7-4-10-21-16)19-17(20)9-8-13-11-18-15-6-3-2-5-14(13)15/h2-7,10-12,18H,8-9H2,1H3,(H,19,20)/t12-/m0/s1. The first-order chi connectivity index (χ1) is 10.2. The number of amides is 1. The van der Waals surface area contributed by atoms with Gasteiger partial charge in [-0.15, -0.1) is 0 Å². The zero-order valence-corrected chi connectivity index (χ0v) is 11.9. The Morgan fingerprint density at radius 2 is 2.14 bits per heavy atom. The number of carbonyl (C=O) groups is 1. The molecule has 21 heavy (non-hydrogen) atoms. The highest BCUT2D eigenvalue weighted by atomic mass is 16.3. The molecule has 0 bridgehead atoms. The lowest BCUT2D eigenvalue weighted by Gasteiger charge is -2.11. The molecule has 0 unspecified atom stereocenters. The molecular formula is C17H18N2O2. The molecule has 4 nitrogen and oxygen atoms in total. The van der Waals surface area contributed by atoms with Crippen molar-refractivity contribution in [3.05, 3.63) is 60.2 Å². The van der Waals surface area contributed by atoms with Crippen LogP contribution < -0.4 is 5.32 Å². The van der Waals surface area contributed by atoms with E-state index in [1.54, 1.807) is 6.26 Å². The lowest BCUT2D eigenvalue weighted by atomic mass is 10.1. The Morgan fingerprint density at radius 3 is 2.95 bits per heavy atom. The molecule has 3 aromatic rings. The third kappa shape index (κ3) is 2.99. The van der Waals surface area contributed by atoms with Crippen LogP contribution in [0.5, 0.6) is 0 Å². The molecule has 0 spiro atoms. The average molecular weight is 282 g/mol. The summed E-state index contributed by atoms with van der Waals surface area (Å²) in [4.78, 5) is 15.2. The summed E-state index contributed by atoms with van der Waals surface area (Å²) >= 11 is 0. The second-order valence-electron chi connectivity index (χ2n) is 5.16. The molecule has 2 heterocycles. The Balaban J connectivity index is 1.58. The first kappa shape index (κ1) is 13.5. The van der Waals surface area contributed by atoms with E-state index in [4.69, 9.17) is 4.42 Å². The molecular weight excluding hydrogens is 264 g/mol. The van der Waals surface area contributed by atoms with E-state index >= 15 is 0 Å². The number of carbonyl (C=O) groups excluding carboxylic acids is 1. The van der Waals surface area contributed by atoms with Crippen LogP contribution in [0.4, 0.5) is 0 Å². The lowest BCUT2D eigenvalue weighted by Crippen LogP contribution is -2.26. The van der Waals surface area contributed by atoms with Gasteiger partial charge < -0.3 is 14.7 Å². The molecule has 1 amide bonds. The molecule has 1 atom stereocenters. The number of furan rings is 1. The van der Waals surface area contributed by atoms with Gasteiger partial charge in [-0.3, -0.25) is 4.79 Å². The summed E-state index contributed by atoms with van der Waals surface area (Å²) in [6, 6.07) is 11.7. The van der Waals surface area contributed by atoms with Crippen molar-refractivity contribution in [3.8, 4) is 0 Å². The maximum Gasteiger partial charge on any atom is 0.220 e. The van der Waals surface area contributed by atoms with Crippen molar-refractivity contribution < 1.29 is 9.21 Å². The summed E-state index contributed by atoms with van der Waals surface area (Å²) < 4.78 is 5.28. The second-order valence-corrected chi connectivity index (χ2v) is 5.16. The largest absolute Gasteiger partial charge is 0.467 e. The summed E-state index contributed by atoms with van der Waals surface area (Å²) in [6.45, 7) is 1.92. The zero-order chi connectivity index (χ0) is 14.7. The van der Waals surface area contributed by atoms with Crippen LogP contribution in [0, 0.1) is 0 Å². The Kier molecular flexibility index (Phi) is 3.77. The highest BCUT2D eigenvalue weighted by molar-refractivity contribution is 5.84.